The minimum Gasteiger partial charge on any atom is -0.381 e. The van der Waals surface area contributed by atoms with Crippen molar-refractivity contribution in [1.82, 2.24) is 9.97 Å². The molecule has 0 aliphatic heterocycles. The third-order valence-corrected chi connectivity index (χ3v) is 4.12. The Labute approximate surface area is 110 Å². The zero-order chi connectivity index (χ0) is 12.5. The Kier molecular flexibility index (Phi) is 3.05. The second-order valence-corrected chi connectivity index (χ2v) is 5.35. The summed E-state index contributed by atoms with van der Waals surface area (Å²) in [5.41, 5.74) is 0. The van der Waals surface area contributed by atoms with Gasteiger partial charge in [0, 0.05) is 20.2 Å². The van der Waals surface area contributed by atoms with Crippen molar-refractivity contribution in [2.75, 3.05) is 24.8 Å². The van der Waals surface area contributed by atoms with Gasteiger partial charge < -0.3 is 15.4 Å². The molecular weight excluding hydrogens is 248 g/mol. The van der Waals surface area contributed by atoms with Crippen LogP contribution in [-0.2, 0) is 4.74 Å². The number of nitrogens with zero attached hydrogens (tertiary/aromatic N) is 2. The minimum atomic E-state index is 0.395. The van der Waals surface area contributed by atoms with Crippen LogP contribution in [0, 0.1) is 0 Å². The maximum absolute atomic E-state index is 5.29. The van der Waals surface area contributed by atoms with Gasteiger partial charge >= 0.3 is 0 Å². The molecular formula is C12H16N4OS. The van der Waals surface area contributed by atoms with Crippen molar-refractivity contribution in [3.63, 3.8) is 0 Å². The van der Waals surface area contributed by atoms with Gasteiger partial charge in [0.2, 0.25) is 5.95 Å². The number of rotatable bonds is 4. The number of hydrogen-bond acceptors (Lipinski definition) is 6. The van der Waals surface area contributed by atoms with Gasteiger partial charge in [-0.15, -0.1) is 11.3 Å². The van der Waals surface area contributed by atoms with Gasteiger partial charge in [0.25, 0.3) is 0 Å². The second-order valence-electron chi connectivity index (χ2n) is 4.46. The molecule has 0 saturated heterocycles. The molecule has 0 radical (unpaired) electrons. The van der Waals surface area contributed by atoms with Crippen LogP contribution < -0.4 is 10.6 Å². The van der Waals surface area contributed by atoms with Gasteiger partial charge in [-0.3, -0.25) is 0 Å². The van der Waals surface area contributed by atoms with E-state index < -0.39 is 0 Å². The first-order chi connectivity index (χ1) is 8.80. The number of ether oxygens (including phenoxy) is 1. The van der Waals surface area contributed by atoms with Gasteiger partial charge in [0.1, 0.15) is 10.6 Å². The van der Waals surface area contributed by atoms with Gasteiger partial charge in [0.05, 0.1) is 11.5 Å². The Balaban J connectivity index is 1.84. The Bertz CT molecular complexity index is 550. The standard InChI is InChI=1S/C12H16N4OS/c1-13-12-15-10(9-3-4-18-11(9)16-12)14-7-5-8(6-7)17-2/h3-4,7-8H,5-6H2,1-2H3,(H2,13,14,15,16). The number of hydrogen-bond donors (Lipinski definition) is 2. The monoisotopic (exact) mass is 264 g/mol. The maximum Gasteiger partial charge on any atom is 0.225 e. The first-order valence-corrected chi connectivity index (χ1v) is 6.90. The second kappa shape index (κ2) is 4.70. The van der Waals surface area contributed by atoms with Crippen LogP contribution in [0.5, 0.6) is 0 Å². The first kappa shape index (κ1) is 11.7. The van der Waals surface area contributed by atoms with E-state index in [9.17, 15) is 0 Å². The average Bonchev–Trinajstić information content (AvgIpc) is 2.80. The first-order valence-electron chi connectivity index (χ1n) is 6.02. The molecule has 1 aliphatic rings. The zero-order valence-electron chi connectivity index (χ0n) is 10.4. The van der Waals surface area contributed by atoms with E-state index in [1.54, 1.807) is 18.4 Å². The highest BCUT2D eigenvalue weighted by atomic mass is 32.1. The fourth-order valence-electron chi connectivity index (χ4n) is 2.15. The molecule has 96 valence electrons. The van der Waals surface area contributed by atoms with Crippen LogP contribution in [0.3, 0.4) is 0 Å². The van der Waals surface area contributed by atoms with Gasteiger partial charge in [-0.05, 0) is 24.3 Å². The van der Waals surface area contributed by atoms with Crippen LogP contribution in [-0.4, -0.2) is 36.3 Å². The number of aromatic nitrogens is 2. The number of nitrogens with one attached hydrogen (secondary N) is 2. The van der Waals surface area contributed by atoms with Crippen molar-refractivity contribution in [1.29, 1.82) is 0 Å². The molecule has 0 atom stereocenters. The maximum atomic E-state index is 5.29. The minimum absolute atomic E-state index is 0.395. The van der Waals surface area contributed by atoms with E-state index in [4.69, 9.17) is 4.74 Å². The molecule has 18 heavy (non-hydrogen) atoms. The summed E-state index contributed by atoms with van der Waals surface area (Å²) in [6.07, 6.45) is 2.48. The van der Waals surface area contributed by atoms with Gasteiger partial charge in [0.15, 0.2) is 0 Å². The summed E-state index contributed by atoms with van der Waals surface area (Å²) < 4.78 is 5.29. The molecule has 2 N–H and O–H groups in total. The fraction of sp³-hybridized carbons (Fsp3) is 0.500. The molecule has 1 fully saturated rings. The Morgan fingerprint density at radius 1 is 1.39 bits per heavy atom. The highest BCUT2D eigenvalue weighted by molar-refractivity contribution is 7.16. The zero-order valence-corrected chi connectivity index (χ0v) is 11.3. The van der Waals surface area contributed by atoms with Crippen molar-refractivity contribution >= 4 is 33.3 Å². The van der Waals surface area contributed by atoms with Crippen LogP contribution in [0.1, 0.15) is 12.8 Å². The van der Waals surface area contributed by atoms with Crippen molar-refractivity contribution < 1.29 is 4.74 Å². The largest absolute Gasteiger partial charge is 0.381 e. The molecule has 2 aromatic rings. The molecule has 0 bridgehead atoms. The lowest BCUT2D eigenvalue weighted by Gasteiger charge is -2.35. The highest BCUT2D eigenvalue weighted by Gasteiger charge is 2.29. The van der Waals surface area contributed by atoms with Crippen LogP contribution in [0.25, 0.3) is 10.2 Å². The van der Waals surface area contributed by atoms with Crippen molar-refractivity contribution in [2.45, 2.75) is 25.0 Å². The molecule has 1 aliphatic carbocycles. The molecule has 0 amide bonds. The summed E-state index contributed by atoms with van der Waals surface area (Å²) in [7, 11) is 3.60. The summed E-state index contributed by atoms with van der Waals surface area (Å²) >= 11 is 1.63. The summed E-state index contributed by atoms with van der Waals surface area (Å²) in [5, 5.41) is 9.62. The summed E-state index contributed by atoms with van der Waals surface area (Å²) in [6, 6.07) is 2.52. The number of methoxy groups -OCH3 is 1. The fourth-order valence-corrected chi connectivity index (χ4v) is 2.91. The Morgan fingerprint density at radius 2 is 2.22 bits per heavy atom. The van der Waals surface area contributed by atoms with E-state index in [2.05, 4.69) is 26.7 Å². The SMILES string of the molecule is CNc1nc(NC2CC(OC)C2)c2ccsc2n1. The predicted octanol–water partition coefficient (Wildman–Crippen LogP) is 2.32. The molecule has 0 aromatic carbocycles. The summed E-state index contributed by atoms with van der Waals surface area (Å²) in [6.45, 7) is 0. The molecule has 6 heteroatoms. The van der Waals surface area contributed by atoms with Crippen LogP contribution in [0.4, 0.5) is 11.8 Å². The molecule has 2 aromatic heterocycles. The smallest absolute Gasteiger partial charge is 0.225 e. The topological polar surface area (TPSA) is 59.1 Å². The lowest BCUT2D eigenvalue weighted by Crippen LogP contribution is -2.40. The van der Waals surface area contributed by atoms with Crippen LogP contribution in [0.2, 0.25) is 0 Å². The highest BCUT2D eigenvalue weighted by Crippen LogP contribution is 2.31. The van der Waals surface area contributed by atoms with Crippen molar-refractivity contribution in [3.8, 4) is 0 Å². The van der Waals surface area contributed by atoms with E-state index in [1.807, 2.05) is 12.4 Å². The van der Waals surface area contributed by atoms with Gasteiger partial charge in [-0.25, -0.2) is 4.98 Å². The molecule has 1 saturated carbocycles. The summed E-state index contributed by atoms with van der Waals surface area (Å²) in [5.74, 6) is 1.58. The van der Waals surface area contributed by atoms with E-state index in [1.165, 1.54) is 0 Å². The Morgan fingerprint density at radius 3 is 2.94 bits per heavy atom. The average molecular weight is 264 g/mol. The number of anilines is 2. The van der Waals surface area contributed by atoms with Crippen LogP contribution in [0.15, 0.2) is 11.4 Å². The molecule has 5 nitrogen and oxygen atoms in total. The molecule has 3 rings (SSSR count). The molecule has 0 unspecified atom stereocenters. The third kappa shape index (κ3) is 2.02. The van der Waals surface area contributed by atoms with Crippen LogP contribution >= 0.6 is 11.3 Å². The quantitative estimate of drug-likeness (QED) is 0.887. The lowest BCUT2D eigenvalue weighted by molar-refractivity contribution is 0.0328. The third-order valence-electron chi connectivity index (χ3n) is 3.32. The normalized spacial score (nSPS) is 22.8. The number of thiophene rings is 1. The lowest BCUT2D eigenvalue weighted by atomic mass is 9.89. The Hall–Kier alpha value is -1.40. The molecule has 2 heterocycles. The predicted molar refractivity (Wildman–Crippen MR) is 74.4 cm³/mol. The van der Waals surface area contributed by atoms with Crippen molar-refractivity contribution in [3.05, 3.63) is 11.4 Å². The van der Waals surface area contributed by atoms with Crippen molar-refractivity contribution in [2.24, 2.45) is 0 Å². The van der Waals surface area contributed by atoms with E-state index in [0.717, 1.165) is 28.9 Å². The molecule has 0 spiro atoms. The summed E-state index contributed by atoms with van der Waals surface area (Å²) in [4.78, 5) is 9.94. The van der Waals surface area contributed by atoms with E-state index in [-0.39, 0.29) is 0 Å². The van der Waals surface area contributed by atoms with Gasteiger partial charge in [-0.1, -0.05) is 0 Å². The van der Waals surface area contributed by atoms with E-state index in [0.29, 0.717) is 18.1 Å². The number of fused-ring (bicyclic) bond motifs is 1. The van der Waals surface area contributed by atoms with Gasteiger partial charge in [-0.2, -0.15) is 4.98 Å². The van der Waals surface area contributed by atoms with E-state index >= 15 is 0 Å².